The Morgan fingerprint density at radius 1 is 1.30 bits per heavy atom. The van der Waals surface area contributed by atoms with E-state index in [1.807, 2.05) is 38.1 Å². The maximum absolute atomic E-state index is 13.6. The van der Waals surface area contributed by atoms with Gasteiger partial charge in [-0.05, 0) is 61.8 Å². The van der Waals surface area contributed by atoms with Crippen LogP contribution in [0.1, 0.15) is 45.1 Å². The van der Waals surface area contributed by atoms with E-state index >= 15 is 0 Å². The van der Waals surface area contributed by atoms with Crippen LogP contribution in [0.3, 0.4) is 0 Å². The molecule has 9 heteroatoms. The Morgan fingerprint density at radius 3 is 2.73 bits per heavy atom. The Hall–Kier alpha value is -2.91. The normalized spacial score (nSPS) is 16.1. The van der Waals surface area contributed by atoms with Crippen LogP contribution in [0, 0.1) is 0 Å². The van der Waals surface area contributed by atoms with Gasteiger partial charge in [0.15, 0.2) is 9.47 Å². The molecule has 7 nitrogen and oxygen atoms in total. The lowest BCUT2D eigenvalue weighted by molar-refractivity contribution is -0.139. The van der Waals surface area contributed by atoms with Crippen LogP contribution in [0.2, 0.25) is 0 Å². The topological polar surface area (TPSA) is 83.0 Å². The van der Waals surface area contributed by atoms with Crippen LogP contribution in [-0.4, -0.2) is 23.2 Å². The summed E-state index contributed by atoms with van der Waals surface area (Å²) >= 11 is 4.52. The highest BCUT2D eigenvalue weighted by Gasteiger charge is 2.35. The third-order valence-electron chi connectivity index (χ3n) is 4.96. The van der Waals surface area contributed by atoms with Gasteiger partial charge in [-0.3, -0.25) is 9.36 Å². The zero-order valence-electron chi connectivity index (χ0n) is 18.6. The van der Waals surface area contributed by atoms with E-state index in [2.05, 4.69) is 20.9 Å². The van der Waals surface area contributed by atoms with Crippen molar-refractivity contribution in [1.82, 2.24) is 4.57 Å². The molecule has 0 spiro atoms. The molecule has 33 heavy (non-hydrogen) atoms. The van der Waals surface area contributed by atoms with Crippen LogP contribution in [0.25, 0.3) is 6.08 Å². The second-order valence-corrected chi connectivity index (χ2v) is 9.44. The Labute approximate surface area is 202 Å². The van der Waals surface area contributed by atoms with Gasteiger partial charge < -0.3 is 13.9 Å². The summed E-state index contributed by atoms with van der Waals surface area (Å²) in [5.74, 6) is 0.624. The smallest absolute Gasteiger partial charge is 0.338 e. The molecule has 0 saturated heterocycles. The Kier molecular flexibility index (Phi) is 6.71. The summed E-state index contributed by atoms with van der Waals surface area (Å²) in [5, 5.41) is 0. The summed E-state index contributed by atoms with van der Waals surface area (Å²) < 4.78 is 19.5. The van der Waals surface area contributed by atoms with Crippen molar-refractivity contribution in [2.24, 2.45) is 4.99 Å². The third-order valence-corrected chi connectivity index (χ3v) is 6.37. The van der Waals surface area contributed by atoms with E-state index in [9.17, 15) is 9.59 Å². The van der Waals surface area contributed by atoms with E-state index in [1.54, 1.807) is 32.1 Å². The largest absolute Gasteiger partial charge is 0.491 e. The molecule has 0 saturated carbocycles. The van der Waals surface area contributed by atoms with Crippen molar-refractivity contribution in [2.45, 2.75) is 39.8 Å². The van der Waals surface area contributed by atoms with E-state index in [0.29, 0.717) is 42.3 Å². The van der Waals surface area contributed by atoms with Gasteiger partial charge in [0.05, 0.1) is 28.5 Å². The first-order chi connectivity index (χ1) is 15.8. The number of carbonyl (C=O) groups is 1. The fraction of sp³-hybridized carbons (Fsp3) is 0.292. The summed E-state index contributed by atoms with van der Waals surface area (Å²) in [7, 11) is 0. The van der Waals surface area contributed by atoms with E-state index in [1.165, 1.54) is 15.9 Å². The molecule has 3 heterocycles. The van der Waals surface area contributed by atoms with Crippen molar-refractivity contribution >= 4 is 39.3 Å². The second-order valence-electron chi connectivity index (χ2n) is 7.65. The van der Waals surface area contributed by atoms with Gasteiger partial charge in [0.1, 0.15) is 17.6 Å². The summed E-state index contributed by atoms with van der Waals surface area (Å²) in [6.45, 7) is 7.57. The minimum Gasteiger partial charge on any atom is -0.491 e. The number of hydrogen-bond donors (Lipinski definition) is 0. The van der Waals surface area contributed by atoms with Crippen LogP contribution in [0.15, 0.2) is 66.5 Å². The molecule has 0 aliphatic carbocycles. The summed E-state index contributed by atoms with van der Waals surface area (Å²) in [6.07, 6.45) is 1.58. The number of ether oxygens (including phenoxy) is 2. The van der Waals surface area contributed by atoms with Gasteiger partial charge in [0, 0.05) is 11.6 Å². The average Bonchev–Trinajstić information content (AvgIpc) is 3.30. The lowest BCUT2D eigenvalue weighted by Crippen LogP contribution is -2.40. The minimum absolute atomic E-state index is 0.0875. The SMILES string of the molecule is CCOC(=O)C1=C(C)N=c2s/c(=C/c3ccc(Br)o3)c(=O)n2C1c1ccccc1OC(C)C. The molecule has 0 bridgehead atoms. The molecule has 1 aromatic carbocycles. The number of rotatable bonds is 6. The minimum atomic E-state index is -0.735. The molecular weight excluding hydrogens is 508 g/mol. The second kappa shape index (κ2) is 9.52. The van der Waals surface area contributed by atoms with E-state index in [4.69, 9.17) is 13.9 Å². The molecule has 172 valence electrons. The number of benzene rings is 1. The number of allylic oxidation sites excluding steroid dienone is 1. The highest BCUT2D eigenvalue weighted by molar-refractivity contribution is 9.10. The Bertz CT molecular complexity index is 1410. The highest BCUT2D eigenvalue weighted by atomic mass is 79.9. The number of halogens is 1. The molecule has 2 aromatic heterocycles. The standard InChI is InChI=1S/C24H23BrN2O5S/c1-5-30-23(29)20-14(4)26-24-27(21(20)16-8-6-7-9-17(16)31-13(2)3)22(28)18(33-24)12-15-10-11-19(25)32-15/h6-13,21H,5H2,1-4H3/b18-12+. The number of fused-ring (bicyclic) bond motifs is 1. The van der Waals surface area contributed by atoms with Crippen molar-refractivity contribution in [2.75, 3.05) is 6.61 Å². The number of hydrogen-bond acceptors (Lipinski definition) is 7. The molecular formula is C24H23BrN2O5S. The van der Waals surface area contributed by atoms with Gasteiger partial charge >= 0.3 is 5.97 Å². The zero-order valence-corrected chi connectivity index (χ0v) is 21.0. The van der Waals surface area contributed by atoms with Crippen molar-refractivity contribution in [1.29, 1.82) is 0 Å². The molecule has 0 N–H and O–H groups in total. The first-order valence-electron chi connectivity index (χ1n) is 10.5. The van der Waals surface area contributed by atoms with Gasteiger partial charge in [0.2, 0.25) is 0 Å². The number of nitrogens with zero attached hydrogens (tertiary/aromatic N) is 2. The van der Waals surface area contributed by atoms with Crippen molar-refractivity contribution in [3.63, 3.8) is 0 Å². The van der Waals surface area contributed by atoms with Crippen LogP contribution < -0.4 is 19.6 Å². The molecule has 0 radical (unpaired) electrons. The van der Waals surface area contributed by atoms with Crippen molar-refractivity contribution < 1.29 is 18.7 Å². The van der Waals surface area contributed by atoms with Crippen LogP contribution in [0.4, 0.5) is 0 Å². The summed E-state index contributed by atoms with van der Waals surface area (Å²) in [4.78, 5) is 31.7. The number of furan rings is 1. The number of aromatic nitrogens is 1. The number of carbonyl (C=O) groups excluding carboxylic acids is 1. The number of esters is 1. The van der Waals surface area contributed by atoms with Gasteiger partial charge in [-0.1, -0.05) is 29.5 Å². The average molecular weight is 531 g/mol. The van der Waals surface area contributed by atoms with Gasteiger partial charge in [-0.2, -0.15) is 0 Å². The van der Waals surface area contributed by atoms with Gasteiger partial charge in [-0.15, -0.1) is 0 Å². The first-order valence-corrected chi connectivity index (χ1v) is 12.1. The molecule has 1 aliphatic heterocycles. The summed E-state index contributed by atoms with van der Waals surface area (Å²) in [5.41, 5.74) is 1.24. The quantitative estimate of drug-likeness (QED) is 0.450. The van der Waals surface area contributed by atoms with Gasteiger partial charge in [0.25, 0.3) is 5.56 Å². The molecule has 0 fully saturated rings. The van der Waals surface area contributed by atoms with Crippen molar-refractivity contribution in [3.8, 4) is 5.75 Å². The summed E-state index contributed by atoms with van der Waals surface area (Å²) in [6, 6.07) is 10.2. The predicted molar refractivity (Wildman–Crippen MR) is 129 cm³/mol. The number of thiazole rings is 1. The van der Waals surface area contributed by atoms with Crippen LogP contribution >= 0.6 is 27.3 Å². The number of para-hydroxylation sites is 1. The molecule has 0 amide bonds. The van der Waals surface area contributed by atoms with Crippen LogP contribution in [0.5, 0.6) is 5.75 Å². The monoisotopic (exact) mass is 530 g/mol. The van der Waals surface area contributed by atoms with E-state index in [-0.39, 0.29) is 18.3 Å². The Balaban J connectivity index is 1.98. The van der Waals surface area contributed by atoms with Crippen molar-refractivity contribution in [3.05, 3.63) is 83.3 Å². The molecule has 1 aliphatic rings. The maximum Gasteiger partial charge on any atom is 0.338 e. The third kappa shape index (κ3) is 4.60. The Morgan fingerprint density at radius 2 is 2.06 bits per heavy atom. The fourth-order valence-electron chi connectivity index (χ4n) is 3.69. The lowest BCUT2D eigenvalue weighted by atomic mass is 9.95. The van der Waals surface area contributed by atoms with E-state index < -0.39 is 12.0 Å². The molecule has 3 aromatic rings. The fourth-order valence-corrected chi connectivity index (χ4v) is 5.03. The van der Waals surface area contributed by atoms with E-state index in [0.717, 1.165) is 0 Å². The predicted octanol–water partition coefficient (Wildman–Crippen LogP) is 3.94. The molecule has 1 unspecified atom stereocenters. The van der Waals surface area contributed by atoms with Crippen LogP contribution in [-0.2, 0) is 9.53 Å². The van der Waals surface area contributed by atoms with Gasteiger partial charge in [-0.25, -0.2) is 9.79 Å². The molecule has 4 rings (SSSR count). The molecule has 1 atom stereocenters. The maximum atomic E-state index is 13.6. The highest BCUT2D eigenvalue weighted by Crippen LogP contribution is 2.36. The zero-order chi connectivity index (χ0) is 23.7. The lowest BCUT2D eigenvalue weighted by Gasteiger charge is -2.26. The first kappa shape index (κ1) is 23.3.